The summed E-state index contributed by atoms with van der Waals surface area (Å²) in [5.74, 6) is -0.272. The minimum absolute atomic E-state index is 0.121. The maximum atomic E-state index is 13.2. The molecule has 1 aliphatic heterocycles. The summed E-state index contributed by atoms with van der Waals surface area (Å²) in [5, 5.41) is 10.7. The maximum absolute atomic E-state index is 13.2. The van der Waals surface area contributed by atoms with Crippen molar-refractivity contribution in [3.63, 3.8) is 0 Å². The molecule has 0 fully saturated rings. The van der Waals surface area contributed by atoms with E-state index in [2.05, 4.69) is 0 Å². The average molecular weight is 440 g/mol. The number of ether oxygens (including phenoxy) is 3. The molecule has 0 saturated heterocycles. The van der Waals surface area contributed by atoms with Gasteiger partial charge in [-0.05, 0) is 36.1 Å². The van der Waals surface area contributed by atoms with Crippen LogP contribution < -0.4 is 9.47 Å². The van der Waals surface area contributed by atoms with Gasteiger partial charge in [0.1, 0.15) is 0 Å². The Morgan fingerprint density at radius 1 is 1.03 bits per heavy atom. The number of hydrogen-bond acceptors (Lipinski definition) is 6. The number of methoxy groups -OCH3 is 3. The van der Waals surface area contributed by atoms with E-state index in [0.717, 1.165) is 5.56 Å². The Labute approximate surface area is 188 Å². The highest BCUT2D eigenvalue weighted by Gasteiger charge is 2.43. The van der Waals surface area contributed by atoms with Crippen molar-refractivity contribution in [2.75, 3.05) is 34.5 Å². The molecule has 7 nitrogen and oxygen atoms in total. The summed E-state index contributed by atoms with van der Waals surface area (Å²) in [4.78, 5) is 27.7. The number of nitrogens with zero attached hydrogens (tertiary/aromatic N) is 1. The first kappa shape index (κ1) is 23.3. The first-order valence-electron chi connectivity index (χ1n) is 10.5. The Balaban J connectivity index is 1.94. The topological polar surface area (TPSA) is 85.3 Å². The van der Waals surface area contributed by atoms with Gasteiger partial charge >= 0.3 is 0 Å². The summed E-state index contributed by atoms with van der Waals surface area (Å²) >= 11 is 0. The molecule has 3 rings (SSSR count). The predicted octanol–water partition coefficient (Wildman–Crippen LogP) is 3.64. The molecule has 0 bridgehead atoms. The van der Waals surface area contributed by atoms with Gasteiger partial charge < -0.3 is 24.2 Å². The highest BCUT2D eigenvalue weighted by Crippen LogP contribution is 2.41. The highest BCUT2D eigenvalue weighted by atomic mass is 16.5. The molecule has 1 aliphatic rings. The van der Waals surface area contributed by atoms with Crippen molar-refractivity contribution >= 4 is 11.7 Å². The zero-order chi connectivity index (χ0) is 23.1. The summed E-state index contributed by atoms with van der Waals surface area (Å²) in [6.07, 6.45) is 1.28. The average Bonchev–Trinajstić information content (AvgIpc) is 3.08. The zero-order valence-corrected chi connectivity index (χ0v) is 18.7. The lowest BCUT2D eigenvalue weighted by Crippen LogP contribution is -2.32. The standard InChI is InChI=1S/C25H29NO6/c1-30-15-7-14-26-23(18-11-13-20(31-2)21(16-18)32-3)22(24(28)25(26)29)19(27)12-10-17-8-5-4-6-9-17/h4-6,8-9,11,13,16,23,28H,7,10,12,14-15H2,1-3H3. The molecule has 0 aromatic heterocycles. The summed E-state index contributed by atoms with van der Waals surface area (Å²) in [5.41, 5.74) is 1.81. The molecule has 1 unspecified atom stereocenters. The molecule has 1 N–H and O–H groups in total. The van der Waals surface area contributed by atoms with Gasteiger partial charge in [0.15, 0.2) is 23.0 Å². The monoisotopic (exact) mass is 439 g/mol. The van der Waals surface area contributed by atoms with E-state index in [1.54, 1.807) is 25.3 Å². The van der Waals surface area contributed by atoms with Gasteiger partial charge in [-0.1, -0.05) is 36.4 Å². The molecular weight excluding hydrogens is 410 g/mol. The smallest absolute Gasteiger partial charge is 0.290 e. The van der Waals surface area contributed by atoms with Crippen LogP contribution in [0.1, 0.15) is 30.0 Å². The second-order valence-corrected chi connectivity index (χ2v) is 7.53. The van der Waals surface area contributed by atoms with Gasteiger partial charge in [-0.15, -0.1) is 0 Å². The van der Waals surface area contributed by atoms with Crippen LogP contribution in [0.5, 0.6) is 11.5 Å². The Morgan fingerprint density at radius 3 is 2.41 bits per heavy atom. The van der Waals surface area contributed by atoms with Gasteiger partial charge in [0.05, 0.1) is 25.8 Å². The highest BCUT2D eigenvalue weighted by molar-refractivity contribution is 6.09. The molecule has 0 saturated carbocycles. The van der Waals surface area contributed by atoms with Crippen LogP contribution in [0.3, 0.4) is 0 Å². The van der Waals surface area contributed by atoms with Crippen molar-refractivity contribution in [3.05, 3.63) is 71.0 Å². The lowest BCUT2D eigenvalue weighted by molar-refractivity contribution is -0.129. The van der Waals surface area contributed by atoms with Gasteiger partial charge in [0.2, 0.25) is 0 Å². The number of carbonyl (C=O) groups excluding carboxylic acids is 2. The van der Waals surface area contributed by atoms with Crippen molar-refractivity contribution in [1.82, 2.24) is 4.90 Å². The Morgan fingerprint density at radius 2 is 1.75 bits per heavy atom. The number of aliphatic hydroxyl groups excluding tert-OH is 1. The molecule has 0 spiro atoms. The van der Waals surface area contributed by atoms with Gasteiger partial charge in [-0.25, -0.2) is 0 Å². The molecule has 1 amide bonds. The van der Waals surface area contributed by atoms with E-state index in [0.29, 0.717) is 43.1 Å². The second-order valence-electron chi connectivity index (χ2n) is 7.53. The van der Waals surface area contributed by atoms with Crippen LogP contribution in [-0.4, -0.2) is 56.2 Å². The fourth-order valence-corrected chi connectivity index (χ4v) is 3.95. The van der Waals surface area contributed by atoms with E-state index >= 15 is 0 Å². The molecule has 170 valence electrons. The van der Waals surface area contributed by atoms with Crippen molar-refractivity contribution in [1.29, 1.82) is 0 Å². The summed E-state index contributed by atoms with van der Waals surface area (Å²) < 4.78 is 15.8. The van der Waals surface area contributed by atoms with Crippen molar-refractivity contribution in [2.24, 2.45) is 0 Å². The second kappa shape index (κ2) is 10.8. The molecule has 1 heterocycles. The number of carbonyl (C=O) groups is 2. The SMILES string of the molecule is COCCCN1C(=O)C(O)=C(C(=O)CCc2ccccc2)C1c1ccc(OC)c(OC)c1. The third-order valence-corrected chi connectivity index (χ3v) is 5.56. The van der Waals surface area contributed by atoms with E-state index in [1.807, 2.05) is 30.3 Å². The predicted molar refractivity (Wildman–Crippen MR) is 120 cm³/mol. The fraction of sp³-hybridized carbons (Fsp3) is 0.360. The van der Waals surface area contributed by atoms with E-state index in [4.69, 9.17) is 14.2 Å². The van der Waals surface area contributed by atoms with Crippen LogP contribution in [0.2, 0.25) is 0 Å². The van der Waals surface area contributed by atoms with Gasteiger partial charge in [-0.2, -0.15) is 0 Å². The van der Waals surface area contributed by atoms with Gasteiger partial charge in [0.25, 0.3) is 5.91 Å². The fourth-order valence-electron chi connectivity index (χ4n) is 3.95. The van der Waals surface area contributed by atoms with Crippen LogP contribution >= 0.6 is 0 Å². The zero-order valence-electron chi connectivity index (χ0n) is 18.7. The number of aliphatic hydroxyl groups is 1. The van der Waals surface area contributed by atoms with Crippen LogP contribution in [0.25, 0.3) is 0 Å². The largest absolute Gasteiger partial charge is 0.503 e. The molecule has 32 heavy (non-hydrogen) atoms. The molecular formula is C25H29NO6. The Kier molecular flexibility index (Phi) is 7.89. The van der Waals surface area contributed by atoms with E-state index < -0.39 is 17.7 Å². The minimum atomic E-state index is -0.706. The van der Waals surface area contributed by atoms with Crippen LogP contribution in [0.15, 0.2) is 59.9 Å². The van der Waals surface area contributed by atoms with Crippen molar-refractivity contribution in [3.8, 4) is 11.5 Å². The van der Waals surface area contributed by atoms with Crippen LogP contribution in [-0.2, 0) is 20.7 Å². The summed E-state index contributed by atoms with van der Waals surface area (Å²) in [6.45, 7) is 0.797. The number of hydrogen-bond donors (Lipinski definition) is 1. The number of aryl methyl sites for hydroxylation is 1. The first-order chi connectivity index (χ1) is 15.5. The molecule has 0 aliphatic carbocycles. The molecule has 2 aromatic rings. The quantitative estimate of drug-likeness (QED) is 0.538. The number of ketones is 1. The summed E-state index contributed by atoms with van der Waals surface area (Å²) in [7, 11) is 4.65. The molecule has 2 aromatic carbocycles. The molecule has 1 atom stereocenters. The minimum Gasteiger partial charge on any atom is -0.503 e. The Bertz CT molecular complexity index is 985. The molecule has 7 heteroatoms. The van der Waals surface area contributed by atoms with E-state index in [-0.39, 0.29) is 17.8 Å². The number of Topliss-reactive ketones (excluding diaryl/α,β-unsaturated/α-hetero) is 1. The summed E-state index contributed by atoms with van der Waals surface area (Å²) in [6, 6.07) is 14.2. The molecule has 0 radical (unpaired) electrons. The number of benzene rings is 2. The van der Waals surface area contributed by atoms with Crippen molar-refractivity contribution < 1.29 is 28.9 Å². The lowest BCUT2D eigenvalue weighted by Gasteiger charge is -2.27. The number of rotatable bonds is 11. The third kappa shape index (κ3) is 4.94. The van der Waals surface area contributed by atoms with E-state index in [9.17, 15) is 14.7 Å². The van der Waals surface area contributed by atoms with E-state index in [1.165, 1.54) is 19.1 Å². The number of amides is 1. The normalized spacial score (nSPS) is 15.9. The van der Waals surface area contributed by atoms with Gasteiger partial charge in [0, 0.05) is 26.7 Å². The third-order valence-electron chi connectivity index (χ3n) is 5.56. The van der Waals surface area contributed by atoms with Crippen molar-refractivity contribution in [2.45, 2.75) is 25.3 Å². The first-order valence-corrected chi connectivity index (χ1v) is 10.5. The maximum Gasteiger partial charge on any atom is 0.290 e. The lowest BCUT2D eigenvalue weighted by atomic mass is 9.93. The Hall–Kier alpha value is -3.32. The van der Waals surface area contributed by atoms with Crippen LogP contribution in [0.4, 0.5) is 0 Å². The van der Waals surface area contributed by atoms with Gasteiger partial charge in [-0.3, -0.25) is 9.59 Å². The van der Waals surface area contributed by atoms with Crippen LogP contribution in [0, 0.1) is 0 Å².